The Morgan fingerprint density at radius 1 is 1.05 bits per heavy atom. The maximum atomic E-state index is 6.21. The van der Waals surface area contributed by atoms with Crippen LogP contribution in [0.1, 0.15) is 71.1 Å². The van der Waals surface area contributed by atoms with Crippen LogP contribution in [-0.4, -0.2) is 48.8 Å². The minimum Gasteiger partial charge on any atom is -0.375 e. The van der Waals surface area contributed by atoms with E-state index < -0.39 is 0 Å². The Morgan fingerprint density at radius 3 is 2.43 bits per heavy atom. The predicted octanol–water partition coefficient (Wildman–Crippen LogP) is 3.33. The summed E-state index contributed by atoms with van der Waals surface area (Å²) >= 11 is 0. The van der Waals surface area contributed by atoms with Crippen molar-refractivity contribution in [3.63, 3.8) is 0 Å². The lowest BCUT2D eigenvalue weighted by atomic mass is 9.85. The summed E-state index contributed by atoms with van der Waals surface area (Å²) in [5, 5.41) is 3.62. The summed E-state index contributed by atoms with van der Waals surface area (Å²) in [4.78, 5) is 2.73. The molecule has 0 bridgehead atoms. The van der Waals surface area contributed by atoms with E-state index in [0.29, 0.717) is 0 Å². The molecule has 122 valence electrons. The molecule has 1 saturated heterocycles. The van der Waals surface area contributed by atoms with Gasteiger partial charge >= 0.3 is 0 Å². The summed E-state index contributed by atoms with van der Waals surface area (Å²) in [6.45, 7) is 4.33. The van der Waals surface area contributed by atoms with E-state index in [1.165, 1.54) is 64.2 Å². The van der Waals surface area contributed by atoms with Crippen molar-refractivity contribution in [2.75, 3.05) is 20.2 Å². The normalized spacial score (nSPS) is 36.4. The van der Waals surface area contributed by atoms with Crippen molar-refractivity contribution in [3.05, 3.63) is 0 Å². The van der Waals surface area contributed by atoms with Crippen molar-refractivity contribution in [2.45, 2.75) is 94.9 Å². The molecule has 3 rings (SSSR count). The van der Waals surface area contributed by atoms with Crippen LogP contribution < -0.4 is 5.32 Å². The minimum atomic E-state index is 0.262. The second-order valence-electron chi connectivity index (χ2n) is 7.61. The Morgan fingerprint density at radius 2 is 1.76 bits per heavy atom. The summed E-state index contributed by atoms with van der Waals surface area (Å²) < 4.78 is 6.21. The van der Waals surface area contributed by atoms with E-state index in [2.05, 4.69) is 24.2 Å². The molecular formula is C18H34N2O. The van der Waals surface area contributed by atoms with Gasteiger partial charge in [0.1, 0.15) is 0 Å². The van der Waals surface area contributed by atoms with E-state index >= 15 is 0 Å². The van der Waals surface area contributed by atoms with Gasteiger partial charge in [-0.1, -0.05) is 19.8 Å². The van der Waals surface area contributed by atoms with Crippen LogP contribution in [0.2, 0.25) is 0 Å². The molecule has 3 nitrogen and oxygen atoms in total. The van der Waals surface area contributed by atoms with Crippen LogP contribution in [-0.2, 0) is 4.74 Å². The molecule has 1 unspecified atom stereocenters. The average Bonchev–Trinajstić information content (AvgIpc) is 2.95. The molecule has 0 radical (unpaired) electrons. The Kier molecular flexibility index (Phi) is 5.23. The molecule has 3 aliphatic rings. The monoisotopic (exact) mass is 294 g/mol. The second-order valence-corrected chi connectivity index (χ2v) is 7.61. The van der Waals surface area contributed by atoms with Crippen molar-refractivity contribution in [2.24, 2.45) is 0 Å². The highest BCUT2D eigenvalue weighted by Gasteiger charge is 2.42. The first-order valence-corrected chi connectivity index (χ1v) is 9.32. The van der Waals surface area contributed by atoms with Gasteiger partial charge in [-0.25, -0.2) is 0 Å². The molecule has 1 N–H and O–H groups in total. The number of rotatable bonds is 4. The van der Waals surface area contributed by atoms with E-state index in [1.54, 1.807) is 0 Å². The zero-order valence-electron chi connectivity index (χ0n) is 14.1. The lowest BCUT2D eigenvalue weighted by Gasteiger charge is -2.45. The zero-order chi connectivity index (χ0) is 14.7. The van der Waals surface area contributed by atoms with Crippen molar-refractivity contribution >= 4 is 0 Å². The Labute approximate surface area is 130 Å². The molecule has 21 heavy (non-hydrogen) atoms. The third-order valence-electron chi connectivity index (χ3n) is 6.32. The van der Waals surface area contributed by atoms with Gasteiger partial charge in [0.15, 0.2) is 0 Å². The van der Waals surface area contributed by atoms with E-state index in [-0.39, 0.29) is 5.60 Å². The summed E-state index contributed by atoms with van der Waals surface area (Å²) in [6.07, 6.45) is 13.4. The molecule has 0 aromatic carbocycles. The van der Waals surface area contributed by atoms with Crippen LogP contribution in [0, 0.1) is 0 Å². The van der Waals surface area contributed by atoms with E-state index in [1.807, 2.05) is 0 Å². The zero-order valence-corrected chi connectivity index (χ0v) is 14.1. The number of ether oxygens (including phenoxy) is 1. The molecule has 1 atom stereocenters. The summed E-state index contributed by atoms with van der Waals surface area (Å²) in [5.41, 5.74) is 0.262. The molecule has 0 aromatic heterocycles. The SMILES string of the molecule is CCNC1CCC(N(C)C2CCOC3(CCCC3)C2)CC1. The highest BCUT2D eigenvalue weighted by Crippen LogP contribution is 2.41. The number of nitrogens with one attached hydrogen (secondary N) is 1. The van der Waals surface area contributed by atoms with Crippen LogP contribution in [0.5, 0.6) is 0 Å². The van der Waals surface area contributed by atoms with Crippen molar-refractivity contribution in [1.82, 2.24) is 10.2 Å². The highest BCUT2D eigenvalue weighted by molar-refractivity contribution is 4.95. The van der Waals surface area contributed by atoms with Gasteiger partial charge in [0.05, 0.1) is 5.60 Å². The quantitative estimate of drug-likeness (QED) is 0.861. The Hall–Kier alpha value is -0.120. The fourth-order valence-corrected chi connectivity index (χ4v) is 4.99. The summed E-state index contributed by atoms with van der Waals surface area (Å²) in [6, 6.07) is 2.34. The van der Waals surface area contributed by atoms with Crippen LogP contribution in [0.25, 0.3) is 0 Å². The molecule has 1 spiro atoms. The third-order valence-corrected chi connectivity index (χ3v) is 6.32. The van der Waals surface area contributed by atoms with Crippen LogP contribution in [0.4, 0.5) is 0 Å². The van der Waals surface area contributed by atoms with Gasteiger partial charge in [0.25, 0.3) is 0 Å². The highest BCUT2D eigenvalue weighted by atomic mass is 16.5. The van der Waals surface area contributed by atoms with Gasteiger partial charge in [-0.05, 0) is 65.0 Å². The Balaban J connectivity index is 1.52. The van der Waals surface area contributed by atoms with Crippen molar-refractivity contribution in [1.29, 1.82) is 0 Å². The predicted molar refractivity (Wildman–Crippen MR) is 87.7 cm³/mol. The minimum absolute atomic E-state index is 0.262. The maximum Gasteiger partial charge on any atom is 0.0697 e. The van der Waals surface area contributed by atoms with Crippen LogP contribution >= 0.6 is 0 Å². The molecule has 3 fully saturated rings. The Bertz CT molecular complexity index is 319. The van der Waals surface area contributed by atoms with Gasteiger partial charge in [0.2, 0.25) is 0 Å². The van der Waals surface area contributed by atoms with Crippen molar-refractivity contribution < 1.29 is 4.74 Å². The van der Waals surface area contributed by atoms with Gasteiger partial charge < -0.3 is 15.0 Å². The lowest BCUT2D eigenvalue weighted by Crippen LogP contribution is -2.51. The first kappa shape index (κ1) is 15.8. The van der Waals surface area contributed by atoms with Crippen LogP contribution in [0.3, 0.4) is 0 Å². The van der Waals surface area contributed by atoms with Crippen LogP contribution in [0.15, 0.2) is 0 Å². The van der Waals surface area contributed by atoms with Crippen molar-refractivity contribution in [3.8, 4) is 0 Å². The summed E-state index contributed by atoms with van der Waals surface area (Å²) in [7, 11) is 2.39. The van der Waals surface area contributed by atoms with Gasteiger partial charge in [0, 0.05) is 24.7 Å². The van der Waals surface area contributed by atoms with Gasteiger partial charge in [-0.2, -0.15) is 0 Å². The second kappa shape index (κ2) is 6.97. The number of hydrogen-bond donors (Lipinski definition) is 1. The first-order valence-electron chi connectivity index (χ1n) is 9.32. The molecule has 1 heterocycles. The molecule has 0 aromatic rings. The largest absolute Gasteiger partial charge is 0.375 e. The fraction of sp³-hybridized carbons (Fsp3) is 1.00. The average molecular weight is 294 g/mol. The molecule has 3 heteroatoms. The molecule has 1 aliphatic heterocycles. The summed E-state index contributed by atoms with van der Waals surface area (Å²) in [5.74, 6) is 0. The van der Waals surface area contributed by atoms with E-state index in [0.717, 1.165) is 31.3 Å². The lowest BCUT2D eigenvalue weighted by molar-refractivity contribution is -0.105. The third kappa shape index (κ3) is 3.62. The molecular weight excluding hydrogens is 260 g/mol. The molecule has 0 amide bonds. The first-order chi connectivity index (χ1) is 10.2. The molecule has 2 aliphatic carbocycles. The van der Waals surface area contributed by atoms with Gasteiger partial charge in [-0.15, -0.1) is 0 Å². The standard InChI is InChI=1S/C18H34N2O/c1-3-19-15-6-8-16(9-7-15)20(2)17-10-13-21-18(14-17)11-4-5-12-18/h15-17,19H,3-14H2,1-2H3. The van der Waals surface area contributed by atoms with E-state index in [9.17, 15) is 0 Å². The number of hydrogen-bond acceptors (Lipinski definition) is 3. The maximum absolute atomic E-state index is 6.21. The topological polar surface area (TPSA) is 24.5 Å². The number of nitrogens with zero attached hydrogens (tertiary/aromatic N) is 1. The van der Waals surface area contributed by atoms with E-state index in [4.69, 9.17) is 4.74 Å². The molecule has 2 saturated carbocycles. The van der Waals surface area contributed by atoms with Gasteiger partial charge in [-0.3, -0.25) is 0 Å². The fourth-order valence-electron chi connectivity index (χ4n) is 4.99. The smallest absolute Gasteiger partial charge is 0.0697 e.